The Hall–Kier alpha value is 0.110. The van der Waals surface area contributed by atoms with Gasteiger partial charge in [0.05, 0.1) is 5.60 Å². The summed E-state index contributed by atoms with van der Waals surface area (Å²) in [4.78, 5) is 17.5. The molecule has 14 heavy (non-hydrogen) atoms. The van der Waals surface area contributed by atoms with Crippen molar-refractivity contribution in [3.05, 3.63) is 0 Å². The normalized spacial score (nSPS) is 16.6. The first-order chi connectivity index (χ1) is 6.33. The fourth-order valence-electron chi connectivity index (χ4n) is 1.58. The molecule has 0 saturated carbocycles. The van der Waals surface area contributed by atoms with Gasteiger partial charge in [-0.2, -0.15) is 0 Å². The van der Waals surface area contributed by atoms with Crippen molar-refractivity contribution in [3.8, 4) is 0 Å². The summed E-state index contributed by atoms with van der Waals surface area (Å²) < 4.78 is 15.6. The minimum Gasteiger partial charge on any atom is -0.303 e. The Morgan fingerprint density at radius 1 is 1.21 bits per heavy atom. The topological polar surface area (TPSA) is 66.8 Å². The van der Waals surface area contributed by atoms with Crippen molar-refractivity contribution < 1.29 is 18.9 Å². The summed E-state index contributed by atoms with van der Waals surface area (Å²) in [6.07, 6.45) is 4.17. The highest BCUT2D eigenvalue weighted by Gasteiger charge is 2.31. The average molecular weight is 224 g/mol. The van der Waals surface area contributed by atoms with Gasteiger partial charge in [-0.3, -0.25) is 4.52 Å². The van der Waals surface area contributed by atoms with Crippen molar-refractivity contribution in [3.63, 3.8) is 0 Å². The molecular formula is C9H21O4P. The lowest BCUT2D eigenvalue weighted by molar-refractivity contribution is 0.0324. The van der Waals surface area contributed by atoms with E-state index in [0.717, 1.165) is 19.3 Å². The molecule has 4 nitrogen and oxygen atoms in total. The Labute approximate surface area is 85.9 Å². The average Bonchev–Trinajstić information content (AvgIpc) is 1.98. The number of unbranched alkanes of at least 4 members (excludes halogenated alkanes) is 1. The van der Waals surface area contributed by atoms with Gasteiger partial charge in [0.15, 0.2) is 0 Å². The molecule has 0 aliphatic heterocycles. The van der Waals surface area contributed by atoms with E-state index in [-0.39, 0.29) is 0 Å². The number of hydrogen-bond acceptors (Lipinski definition) is 2. The lowest BCUT2D eigenvalue weighted by Gasteiger charge is -2.29. The highest BCUT2D eigenvalue weighted by Crippen LogP contribution is 2.44. The van der Waals surface area contributed by atoms with Gasteiger partial charge in [-0.15, -0.1) is 0 Å². The number of phosphoric acid groups is 1. The van der Waals surface area contributed by atoms with E-state index >= 15 is 0 Å². The zero-order valence-corrected chi connectivity index (χ0v) is 10.1. The van der Waals surface area contributed by atoms with Crippen LogP contribution in [0.15, 0.2) is 0 Å². The maximum Gasteiger partial charge on any atom is 0.470 e. The summed E-state index contributed by atoms with van der Waals surface area (Å²) >= 11 is 0. The van der Waals surface area contributed by atoms with Crippen molar-refractivity contribution in [1.82, 2.24) is 0 Å². The molecule has 0 amide bonds. The van der Waals surface area contributed by atoms with Gasteiger partial charge in [-0.25, -0.2) is 4.57 Å². The van der Waals surface area contributed by atoms with Crippen molar-refractivity contribution in [2.45, 2.75) is 58.5 Å². The van der Waals surface area contributed by atoms with Crippen LogP contribution in [0.2, 0.25) is 0 Å². The van der Waals surface area contributed by atoms with Crippen LogP contribution in [0, 0.1) is 0 Å². The molecule has 0 radical (unpaired) electrons. The first kappa shape index (κ1) is 14.1. The predicted octanol–water partition coefficient (Wildman–Crippen LogP) is 2.84. The molecule has 5 heteroatoms. The van der Waals surface area contributed by atoms with Crippen LogP contribution in [0.3, 0.4) is 0 Å². The number of phosphoric ester groups is 1. The Balaban J connectivity index is 4.30. The van der Waals surface area contributed by atoms with E-state index in [0.29, 0.717) is 12.8 Å². The molecule has 0 aromatic carbocycles. The Kier molecular flexibility index (Phi) is 5.91. The van der Waals surface area contributed by atoms with Crippen molar-refractivity contribution in [2.75, 3.05) is 0 Å². The minimum absolute atomic E-state index is 0.677. The van der Waals surface area contributed by atoms with Gasteiger partial charge in [0.2, 0.25) is 0 Å². The standard InChI is InChI=1S/C9H21O4P/c1-4-6-8-9(3,7-5-2)13-14(10,11)12/h4-8H2,1-3H3,(H2,10,11,12). The molecule has 0 aliphatic carbocycles. The Bertz CT molecular complexity index is 201. The van der Waals surface area contributed by atoms with Crippen LogP contribution in [0.1, 0.15) is 52.9 Å². The molecule has 0 spiro atoms. The number of rotatable bonds is 7. The fourth-order valence-corrected chi connectivity index (χ4v) is 2.34. The van der Waals surface area contributed by atoms with Gasteiger partial charge in [0.25, 0.3) is 0 Å². The molecule has 86 valence electrons. The molecule has 0 saturated heterocycles. The SMILES string of the molecule is CCCCC(C)(CCC)OP(=O)(O)O. The van der Waals surface area contributed by atoms with Crippen LogP contribution in [0.4, 0.5) is 0 Å². The van der Waals surface area contributed by atoms with E-state index in [1.54, 1.807) is 6.92 Å². The third kappa shape index (κ3) is 6.55. The summed E-state index contributed by atoms with van der Waals surface area (Å²) in [5.41, 5.74) is -0.677. The lowest BCUT2D eigenvalue weighted by Crippen LogP contribution is -2.27. The van der Waals surface area contributed by atoms with Crippen LogP contribution in [-0.2, 0) is 9.09 Å². The van der Waals surface area contributed by atoms with E-state index in [1.807, 2.05) is 13.8 Å². The first-order valence-electron chi connectivity index (χ1n) is 5.09. The maximum atomic E-state index is 10.8. The molecule has 0 heterocycles. The quantitative estimate of drug-likeness (QED) is 0.652. The number of hydrogen-bond donors (Lipinski definition) is 2. The molecular weight excluding hydrogens is 203 g/mol. The van der Waals surface area contributed by atoms with E-state index in [4.69, 9.17) is 14.3 Å². The van der Waals surface area contributed by atoms with Crippen LogP contribution >= 0.6 is 7.82 Å². The Morgan fingerprint density at radius 3 is 2.14 bits per heavy atom. The van der Waals surface area contributed by atoms with Gasteiger partial charge in [0, 0.05) is 0 Å². The fraction of sp³-hybridized carbons (Fsp3) is 1.00. The minimum atomic E-state index is -4.36. The van der Waals surface area contributed by atoms with Gasteiger partial charge >= 0.3 is 7.82 Å². The highest BCUT2D eigenvalue weighted by molar-refractivity contribution is 7.46. The van der Waals surface area contributed by atoms with Gasteiger partial charge in [0.1, 0.15) is 0 Å². The van der Waals surface area contributed by atoms with Gasteiger partial charge in [-0.1, -0.05) is 33.1 Å². The molecule has 0 bridgehead atoms. The summed E-state index contributed by atoms with van der Waals surface area (Å²) in [6, 6.07) is 0. The first-order valence-corrected chi connectivity index (χ1v) is 6.62. The van der Waals surface area contributed by atoms with Crippen molar-refractivity contribution >= 4 is 7.82 Å². The largest absolute Gasteiger partial charge is 0.470 e. The molecule has 0 fully saturated rings. The van der Waals surface area contributed by atoms with Crippen LogP contribution in [-0.4, -0.2) is 15.4 Å². The highest BCUT2D eigenvalue weighted by atomic mass is 31.2. The zero-order chi connectivity index (χ0) is 11.2. The second kappa shape index (κ2) is 5.86. The van der Waals surface area contributed by atoms with Crippen LogP contribution in [0.5, 0.6) is 0 Å². The maximum absolute atomic E-state index is 10.8. The summed E-state index contributed by atoms with van der Waals surface area (Å²) in [6.45, 7) is 5.79. The molecule has 0 aromatic heterocycles. The van der Waals surface area contributed by atoms with Crippen LogP contribution in [0.25, 0.3) is 0 Å². The second-order valence-corrected chi connectivity index (χ2v) is 5.05. The third-order valence-electron chi connectivity index (χ3n) is 2.18. The van der Waals surface area contributed by atoms with Crippen LogP contribution < -0.4 is 0 Å². The predicted molar refractivity (Wildman–Crippen MR) is 56.0 cm³/mol. The molecule has 0 rings (SSSR count). The van der Waals surface area contributed by atoms with E-state index in [2.05, 4.69) is 0 Å². The molecule has 2 N–H and O–H groups in total. The third-order valence-corrected chi connectivity index (χ3v) is 2.86. The zero-order valence-electron chi connectivity index (χ0n) is 9.19. The van der Waals surface area contributed by atoms with E-state index in [1.165, 1.54) is 0 Å². The monoisotopic (exact) mass is 224 g/mol. The smallest absolute Gasteiger partial charge is 0.303 e. The molecule has 1 atom stereocenters. The van der Waals surface area contributed by atoms with Crippen molar-refractivity contribution in [2.24, 2.45) is 0 Å². The molecule has 0 aliphatic rings. The molecule has 0 aromatic rings. The van der Waals surface area contributed by atoms with E-state index in [9.17, 15) is 4.57 Å². The van der Waals surface area contributed by atoms with Crippen molar-refractivity contribution in [1.29, 1.82) is 0 Å². The lowest BCUT2D eigenvalue weighted by atomic mass is 9.94. The summed E-state index contributed by atoms with van der Waals surface area (Å²) in [5, 5.41) is 0. The second-order valence-electron chi connectivity index (χ2n) is 3.89. The summed E-state index contributed by atoms with van der Waals surface area (Å²) in [7, 11) is -4.36. The van der Waals surface area contributed by atoms with Gasteiger partial charge in [-0.05, 0) is 19.8 Å². The van der Waals surface area contributed by atoms with E-state index < -0.39 is 13.4 Å². The summed E-state index contributed by atoms with van der Waals surface area (Å²) in [5.74, 6) is 0. The van der Waals surface area contributed by atoms with Gasteiger partial charge < -0.3 is 9.79 Å². The molecule has 1 unspecified atom stereocenters. The Morgan fingerprint density at radius 2 is 1.79 bits per heavy atom.